The Bertz CT molecular complexity index is 790. The lowest BCUT2D eigenvalue weighted by atomic mass is 10.2. The van der Waals surface area contributed by atoms with E-state index < -0.39 is 21.9 Å². The number of amides is 2. The van der Waals surface area contributed by atoms with E-state index in [2.05, 4.69) is 15.4 Å². The molecule has 0 aliphatic heterocycles. The first-order valence-electron chi connectivity index (χ1n) is 7.23. The highest BCUT2D eigenvalue weighted by Gasteiger charge is 2.12. The van der Waals surface area contributed by atoms with Gasteiger partial charge in [0.15, 0.2) is 0 Å². The molecule has 0 saturated heterocycles. The highest BCUT2D eigenvalue weighted by Crippen LogP contribution is 2.09. The lowest BCUT2D eigenvalue weighted by Crippen LogP contribution is -2.36. The lowest BCUT2D eigenvalue weighted by molar-refractivity contribution is 0.252. The van der Waals surface area contributed by atoms with Crippen LogP contribution < -0.4 is 15.4 Å². The summed E-state index contributed by atoms with van der Waals surface area (Å²) in [5.74, 6) is -0.397. The van der Waals surface area contributed by atoms with Crippen LogP contribution in [0.2, 0.25) is 0 Å². The second-order valence-corrected chi connectivity index (χ2v) is 6.87. The summed E-state index contributed by atoms with van der Waals surface area (Å²) >= 11 is 0. The van der Waals surface area contributed by atoms with E-state index in [4.69, 9.17) is 0 Å². The van der Waals surface area contributed by atoms with Gasteiger partial charge in [-0.05, 0) is 43.3 Å². The Morgan fingerprint density at radius 2 is 1.62 bits per heavy atom. The molecule has 0 radical (unpaired) electrons. The molecular formula is C16H18FN3O3S. The zero-order valence-corrected chi connectivity index (χ0v) is 13.9. The predicted molar refractivity (Wildman–Crippen MR) is 89.8 cm³/mol. The van der Waals surface area contributed by atoms with Crippen LogP contribution in [-0.2, 0) is 10.0 Å². The number of nitrogens with one attached hydrogen (secondary N) is 3. The van der Waals surface area contributed by atoms with Gasteiger partial charge in [-0.25, -0.2) is 22.3 Å². The SMILES string of the molecule is Cc1ccc(S(=O)(=O)NCCNC(=O)Nc2ccc(F)cc2)cc1. The molecule has 0 atom stereocenters. The Kier molecular flexibility index (Phi) is 5.88. The molecule has 6 nitrogen and oxygen atoms in total. The first-order valence-corrected chi connectivity index (χ1v) is 8.72. The van der Waals surface area contributed by atoms with Gasteiger partial charge in [0.25, 0.3) is 0 Å². The van der Waals surface area contributed by atoms with Crippen LogP contribution in [0, 0.1) is 12.7 Å². The minimum atomic E-state index is -3.60. The average Bonchev–Trinajstić information content (AvgIpc) is 2.54. The summed E-state index contributed by atoms with van der Waals surface area (Å²) in [4.78, 5) is 11.8. The summed E-state index contributed by atoms with van der Waals surface area (Å²) < 4.78 is 39.2. The zero-order valence-electron chi connectivity index (χ0n) is 13.0. The number of hydrogen-bond acceptors (Lipinski definition) is 3. The van der Waals surface area contributed by atoms with E-state index >= 15 is 0 Å². The van der Waals surface area contributed by atoms with Crippen molar-refractivity contribution in [2.45, 2.75) is 11.8 Å². The Hall–Kier alpha value is -2.45. The molecule has 0 spiro atoms. The van der Waals surface area contributed by atoms with E-state index in [-0.39, 0.29) is 18.0 Å². The average molecular weight is 351 g/mol. The van der Waals surface area contributed by atoms with E-state index in [1.54, 1.807) is 12.1 Å². The summed E-state index contributed by atoms with van der Waals surface area (Å²) in [6, 6.07) is 11.3. The molecule has 0 bridgehead atoms. The van der Waals surface area contributed by atoms with Gasteiger partial charge in [0, 0.05) is 18.8 Å². The monoisotopic (exact) mass is 351 g/mol. The smallest absolute Gasteiger partial charge is 0.319 e. The topological polar surface area (TPSA) is 87.3 Å². The fourth-order valence-corrected chi connectivity index (χ4v) is 2.90. The van der Waals surface area contributed by atoms with Crippen molar-refractivity contribution in [3.05, 3.63) is 59.9 Å². The molecule has 8 heteroatoms. The van der Waals surface area contributed by atoms with Crippen LogP contribution in [0.15, 0.2) is 53.4 Å². The third-order valence-corrected chi connectivity index (χ3v) is 4.61. The van der Waals surface area contributed by atoms with Gasteiger partial charge in [0.05, 0.1) is 4.90 Å². The second kappa shape index (κ2) is 7.89. The van der Waals surface area contributed by atoms with Crippen molar-refractivity contribution >= 4 is 21.7 Å². The summed E-state index contributed by atoms with van der Waals surface area (Å²) in [6.45, 7) is 2.03. The molecule has 0 heterocycles. The lowest BCUT2D eigenvalue weighted by Gasteiger charge is -2.09. The largest absolute Gasteiger partial charge is 0.337 e. The van der Waals surface area contributed by atoms with Crippen LogP contribution in [-0.4, -0.2) is 27.5 Å². The molecule has 0 saturated carbocycles. The van der Waals surface area contributed by atoms with E-state index in [1.807, 2.05) is 6.92 Å². The van der Waals surface area contributed by atoms with Crippen LogP contribution in [0.4, 0.5) is 14.9 Å². The first kappa shape index (κ1) is 17.9. The molecule has 24 heavy (non-hydrogen) atoms. The number of halogens is 1. The van der Waals surface area contributed by atoms with Crippen LogP contribution >= 0.6 is 0 Å². The minimum absolute atomic E-state index is 0.0487. The van der Waals surface area contributed by atoms with Crippen molar-refractivity contribution < 1.29 is 17.6 Å². The van der Waals surface area contributed by atoms with E-state index in [1.165, 1.54) is 36.4 Å². The molecule has 2 aromatic carbocycles. The second-order valence-electron chi connectivity index (χ2n) is 5.10. The minimum Gasteiger partial charge on any atom is -0.337 e. The number of carbonyl (C=O) groups is 1. The van der Waals surface area contributed by atoms with E-state index in [9.17, 15) is 17.6 Å². The fourth-order valence-electron chi connectivity index (χ4n) is 1.87. The summed E-state index contributed by atoms with van der Waals surface area (Å²) in [7, 11) is -3.60. The van der Waals surface area contributed by atoms with Crippen LogP contribution in [0.25, 0.3) is 0 Å². The van der Waals surface area contributed by atoms with Crippen LogP contribution in [0.3, 0.4) is 0 Å². The number of rotatable bonds is 6. The number of urea groups is 1. The Balaban J connectivity index is 1.76. The van der Waals surface area contributed by atoms with Crippen molar-refractivity contribution in [1.29, 1.82) is 0 Å². The number of sulfonamides is 1. The maximum atomic E-state index is 12.8. The van der Waals surface area contributed by atoms with Crippen molar-refractivity contribution in [3.63, 3.8) is 0 Å². The standard InChI is InChI=1S/C16H18FN3O3S/c1-12-2-8-15(9-3-12)24(22,23)19-11-10-18-16(21)20-14-6-4-13(17)5-7-14/h2-9,19H,10-11H2,1H3,(H2,18,20,21). The molecule has 2 aromatic rings. The van der Waals surface area contributed by atoms with Crippen LogP contribution in [0.5, 0.6) is 0 Å². The third-order valence-electron chi connectivity index (χ3n) is 3.14. The van der Waals surface area contributed by atoms with Gasteiger partial charge in [-0.15, -0.1) is 0 Å². The quantitative estimate of drug-likeness (QED) is 0.698. The number of benzene rings is 2. The van der Waals surface area contributed by atoms with Gasteiger partial charge in [-0.1, -0.05) is 17.7 Å². The van der Waals surface area contributed by atoms with Gasteiger partial charge in [0.2, 0.25) is 10.0 Å². The molecule has 0 fully saturated rings. The molecule has 3 N–H and O–H groups in total. The van der Waals surface area contributed by atoms with Crippen LogP contribution in [0.1, 0.15) is 5.56 Å². The van der Waals surface area contributed by atoms with Crippen molar-refractivity contribution in [2.24, 2.45) is 0 Å². The number of aryl methyl sites for hydroxylation is 1. The maximum Gasteiger partial charge on any atom is 0.319 e. The van der Waals surface area contributed by atoms with Crippen molar-refractivity contribution in [2.75, 3.05) is 18.4 Å². The molecular weight excluding hydrogens is 333 g/mol. The Morgan fingerprint density at radius 3 is 2.25 bits per heavy atom. The normalized spacial score (nSPS) is 11.1. The highest BCUT2D eigenvalue weighted by molar-refractivity contribution is 7.89. The molecule has 128 valence electrons. The van der Waals surface area contributed by atoms with Gasteiger partial charge < -0.3 is 10.6 Å². The van der Waals surface area contributed by atoms with Gasteiger partial charge in [-0.2, -0.15) is 0 Å². The van der Waals surface area contributed by atoms with Crippen molar-refractivity contribution in [1.82, 2.24) is 10.0 Å². The van der Waals surface area contributed by atoms with E-state index in [0.717, 1.165) is 5.56 Å². The molecule has 0 aliphatic carbocycles. The number of carbonyl (C=O) groups excluding carboxylic acids is 1. The predicted octanol–water partition coefficient (Wildman–Crippen LogP) is 2.23. The van der Waals surface area contributed by atoms with Gasteiger partial charge in [0.1, 0.15) is 5.82 Å². The Labute approximate surface area is 140 Å². The maximum absolute atomic E-state index is 12.8. The summed E-state index contributed by atoms with van der Waals surface area (Å²) in [5.41, 5.74) is 1.40. The molecule has 0 unspecified atom stereocenters. The fraction of sp³-hybridized carbons (Fsp3) is 0.188. The molecule has 2 rings (SSSR count). The van der Waals surface area contributed by atoms with E-state index in [0.29, 0.717) is 5.69 Å². The molecule has 2 amide bonds. The van der Waals surface area contributed by atoms with Gasteiger partial charge in [-0.3, -0.25) is 0 Å². The summed E-state index contributed by atoms with van der Waals surface area (Å²) in [6.07, 6.45) is 0. The zero-order chi connectivity index (χ0) is 17.6. The Morgan fingerprint density at radius 1 is 1.00 bits per heavy atom. The van der Waals surface area contributed by atoms with Gasteiger partial charge >= 0.3 is 6.03 Å². The number of hydrogen-bond donors (Lipinski definition) is 3. The molecule has 0 aliphatic rings. The van der Waals surface area contributed by atoms with Crippen molar-refractivity contribution in [3.8, 4) is 0 Å². The molecule has 0 aromatic heterocycles. The highest BCUT2D eigenvalue weighted by atomic mass is 32.2. The summed E-state index contributed by atoms with van der Waals surface area (Å²) in [5, 5.41) is 5.02. The number of anilines is 1. The third kappa shape index (κ3) is 5.32. The first-order chi connectivity index (χ1) is 11.4.